The zero-order valence-electron chi connectivity index (χ0n) is 14.5. The van der Waals surface area contributed by atoms with Gasteiger partial charge >= 0.3 is 0 Å². The third-order valence-corrected chi connectivity index (χ3v) is 4.31. The maximum atomic E-state index is 12.6. The van der Waals surface area contributed by atoms with Crippen molar-refractivity contribution in [1.29, 1.82) is 0 Å². The quantitative estimate of drug-likeness (QED) is 0.895. The van der Waals surface area contributed by atoms with Crippen molar-refractivity contribution in [2.75, 3.05) is 49.7 Å². The highest BCUT2D eigenvalue weighted by Gasteiger charge is 2.18. The zero-order valence-corrected chi connectivity index (χ0v) is 14.5. The number of amides is 1. The van der Waals surface area contributed by atoms with E-state index in [9.17, 15) is 4.79 Å². The number of nitrogens with one attached hydrogen (secondary N) is 1. The lowest BCUT2D eigenvalue weighted by Gasteiger charge is -2.27. The molecule has 0 unspecified atom stereocenters. The molecule has 1 N–H and O–H groups in total. The van der Waals surface area contributed by atoms with Crippen LogP contribution in [0, 0.1) is 6.92 Å². The summed E-state index contributed by atoms with van der Waals surface area (Å²) in [4.78, 5) is 23.5. The minimum absolute atomic E-state index is 0.257. The number of benzene rings is 1. The molecular weight excluding hydrogens is 336 g/mol. The molecule has 2 aliphatic rings. The van der Waals surface area contributed by atoms with E-state index in [-0.39, 0.29) is 5.91 Å². The number of carbonyl (C=O) groups excluding carboxylic acids is 1. The van der Waals surface area contributed by atoms with Crippen LogP contribution >= 0.6 is 0 Å². The third-order valence-electron chi connectivity index (χ3n) is 4.31. The van der Waals surface area contributed by atoms with Crippen LogP contribution in [-0.2, 0) is 4.74 Å². The Balaban J connectivity index is 1.49. The Kier molecular flexibility index (Phi) is 4.57. The molecule has 1 aromatic heterocycles. The van der Waals surface area contributed by atoms with Gasteiger partial charge in [0.1, 0.15) is 13.2 Å². The molecule has 4 rings (SSSR count). The predicted octanol–water partition coefficient (Wildman–Crippen LogP) is 1.65. The highest BCUT2D eigenvalue weighted by atomic mass is 16.6. The summed E-state index contributed by atoms with van der Waals surface area (Å²) in [7, 11) is 0. The summed E-state index contributed by atoms with van der Waals surface area (Å²) in [5, 5.41) is 2.86. The van der Waals surface area contributed by atoms with Crippen LogP contribution in [0.25, 0.3) is 0 Å². The van der Waals surface area contributed by atoms with Gasteiger partial charge in [-0.05, 0) is 19.1 Å². The number of hydrogen-bond acceptors (Lipinski definition) is 7. The zero-order chi connectivity index (χ0) is 17.9. The molecule has 8 heteroatoms. The van der Waals surface area contributed by atoms with E-state index in [2.05, 4.69) is 20.2 Å². The molecule has 26 heavy (non-hydrogen) atoms. The SMILES string of the molecule is Cc1nc(N2CCOCC2)ncc1C(=O)Nc1ccc2c(c1)OCCO2. The van der Waals surface area contributed by atoms with Gasteiger partial charge in [-0.3, -0.25) is 4.79 Å². The van der Waals surface area contributed by atoms with E-state index in [0.717, 1.165) is 13.1 Å². The van der Waals surface area contributed by atoms with Crippen molar-refractivity contribution >= 4 is 17.5 Å². The summed E-state index contributed by atoms with van der Waals surface area (Å²) in [6, 6.07) is 5.32. The largest absolute Gasteiger partial charge is 0.486 e. The van der Waals surface area contributed by atoms with Crippen molar-refractivity contribution in [3.8, 4) is 11.5 Å². The van der Waals surface area contributed by atoms with Gasteiger partial charge in [0.05, 0.1) is 24.5 Å². The molecule has 0 spiro atoms. The molecule has 0 saturated carbocycles. The van der Waals surface area contributed by atoms with E-state index in [1.165, 1.54) is 0 Å². The number of aryl methyl sites for hydroxylation is 1. The second-order valence-electron chi connectivity index (χ2n) is 6.08. The Morgan fingerprint density at radius 2 is 1.88 bits per heavy atom. The van der Waals surface area contributed by atoms with E-state index >= 15 is 0 Å². The summed E-state index contributed by atoms with van der Waals surface area (Å²) in [6.07, 6.45) is 1.57. The van der Waals surface area contributed by atoms with E-state index in [1.54, 1.807) is 24.4 Å². The molecule has 1 amide bonds. The van der Waals surface area contributed by atoms with Crippen molar-refractivity contribution in [3.63, 3.8) is 0 Å². The van der Waals surface area contributed by atoms with Crippen LogP contribution in [0.2, 0.25) is 0 Å². The molecule has 0 radical (unpaired) electrons. The van der Waals surface area contributed by atoms with Crippen molar-refractivity contribution in [1.82, 2.24) is 9.97 Å². The van der Waals surface area contributed by atoms with E-state index in [1.807, 2.05) is 6.92 Å². The van der Waals surface area contributed by atoms with Gasteiger partial charge in [-0.15, -0.1) is 0 Å². The molecule has 0 aliphatic carbocycles. The monoisotopic (exact) mass is 356 g/mol. The van der Waals surface area contributed by atoms with Crippen molar-refractivity contribution < 1.29 is 19.0 Å². The number of anilines is 2. The minimum Gasteiger partial charge on any atom is -0.486 e. The second-order valence-corrected chi connectivity index (χ2v) is 6.08. The number of nitrogens with zero attached hydrogens (tertiary/aromatic N) is 3. The summed E-state index contributed by atoms with van der Waals surface area (Å²) in [6.45, 7) is 5.67. The second kappa shape index (κ2) is 7.17. The number of aromatic nitrogens is 2. The van der Waals surface area contributed by atoms with Crippen LogP contribution < -0.4 is 19.7 Å². The number of carbonyl (C=O) groups is 1. The molecule has 8 nitrogen and oxygen atoms in total. The molecule has 0 atom stereocenters. The van der Waals surface area contributed by atoms with Crippen LogP contribution in [0.4, 0.5) is 11.6 Å². The Hall–Kier alpha value is -2.87. The van der Waals surface area contributed by atoms with Gasteiger partial charge in [0.25, 0.3) is 5.91 Å². The number of ether oxygens (including phenoxy) is 3. The first-order chi connectivity index (χ1) is 12.7. The predicted molar refractivity (Wildman–Crippen MR) is 95.2 cm³/mol. The maximum Gasteiger partial charge on any atom is 0.259 e. The third kappa shape index (κ3) is 3.41. The van der Waals surface area contributed by atoms with Gasteiger partial charge in [-0.1, -0.05) is 0 Å². The maximum absolute atomic E-state index is 12.6. The van der Waals surface area contributed by atoms with Crippen molar-refractivity contribution in [2.24, 2.45) is 0 Å². The van der Waals surface area contributed by atoms with Crippen LogP contribution in [0.1, 0.15) is 16.1 Å². The molecule has 136 valence electrons. The summed E-state index contributed by atoms with van der Waals surface area (Å²) in [5.41, 5.74) is 1.71. The fourth-order valence-electron chi connectivity index (χ4n) is 2.91. The molecular formula is C18H20N4O4. The van der Waals surface area contributed by atoms with Gasteiger partial charge in [-0.25, -0.2) is 9.97 Å². The molecule has 2 aliphatic heterocycles. The average molecular weight is 356 g/mol. The fraction of sp³-hybridized carbons (Fsp3) is 0.389. The first-order valence-corrected chi connectivity index (χ1v) is 8.58. The topological polar surface area (TPSA) is 85.8 Å². The highest BCUT2D eigenvalue weighted by molar-refractivity contribution is 6.05. The van der Waals surface area contributed by atoms with Gasteiger partial charge in [0.15, 0.2) is 11.5 Å². The Labute approximate surface area is 151 Å². The highest BCUT2D eigenvalue weighted by Crippen LogP contribution is 2.32. The summed E-state index contributed by atoms with van der Waals surface area (Å²) in [5.74, 6) is 1.68. The number of hydrogen-bond donors (Lipinski definition) is 1. The minimum atomic E-state index is -0.257. The standard InChI is InChI=1S/C18H20N4O4/c1-12-14(11-19-18(20-12)22-4-6-24-7-5-22)17(23)21-13-2-3-15-16(10-13)26-9-8-25-15/h2-3,10-11H,4-9H2,1H3,(H,21,23). The van der Waals surface area contributed by atoms with Crippen LogP contribution in [0.5, 0.6) is 11.5 Å². The summed E-state index contributed by atoms with van der Waals surface area (Å²) < 4.78 is 16.4. The van der Waals surface area contributed by atoms with Crippen LogP contribution in [0.15, 0.2) is 24.4 Å². The normalized spacial score (nSPS) is 16.3. The van der Waals surface area contributed by atoms with Crippen molar-refractivity contribution in [2.45, 2.75) is 6.92 Å². The number of rotatable bonds is 3. The average Bonchev–Trinajstić information content (AvgIpc) is 2.68. The fourth-order valence-corrected chi connectivity index (χ4v) is 2.91. The lowest BCUT2D eigenvalue weighted by molar-refractivity contribution is 0.102. The van der Waals surface area contributed by atoms with Gasteiger partial charge < -0.3 is 24.4 Å². The Morgan fingerprint density at radius 1 is 1.12 bits per heavy atom. The smallest absolute Gasteiger partial charge is 0.259 e. The van der Waals surface area contributed by atoms with Gasteiger partial charge in [0.2, 0.25) is 5.95 Å². The Bertz CT molecular complexity index is 821. The van der Waals surface area contributed by atoms with Crippen LogP contribution in [0.3, 0.4) is 0 Å². The lowest BCUT2D eigenvalue weighted by atomic mass is 10.2. The van der Waals surface area contributed by atoms with Gasteiger partial charge in [0, 0.05) is 31.0 Å². The van der Waals surface area contributed by atoms with Crippen molar-refractivity contribution in [3.05, 3.63) is 35.7 Å². The molecule has 1 fully saturated rings. The first kappa shape index (κ1) is 16.6. The van der Waals surface area contributed by atoms with E-state index in [0.29, 0.717) is 60.8 Å². The Morgan fingerprint density at radius 3 is 2.65 bits per heavy atom. The summed E-state index contributed by atoms with van der Waals surface area (Å²) >= 11 is 0. The molecule has 1 aromatic carbocycles. The molecule has 0 bridgehead atoms. The molecule has 1 saturated heterocycles. The van der Waals surface area contributed by atoms with Crippen LogP contribution in [-0.4, -0.2) is 55.4 Å². The number of fused-ring (bicyclic) bond motifs is 1. The van der Waals surface area contributed by atoms with Gasteiger partial charge in [-0.2, -0.15) is 0 Å². The molecule has 3 heterocycles. The van der Waals surface area contributed by atoms with E-state index in [4.69, 9.17) is 14.2 Å². The molecule has 2 aromatic rings. The van der Waals surface area contributed by atoms with E-state index < -0.39 is 0 Å². The lowest BCUT2D eigenvalue weighted by Crippen LogP contribution is -2.37. The first-order valence-electron chi connectivity index (χ1n) is 8.58. The number of morpholine rings is 1.